The third-order valence-electron chi connectivity index (χ3n) is 6.79. The number of hydrogen-bond donors (Lipinski definition) is 1. The minimum absolute atomic E-state index is 0.0135. The molecule has 11 nitrogen and oxygen atoms in total. The van der Waals surface area contributed by atoms with Crippen LogP contribution in [0.5, 0.6) is 11.5 Å². The second kappa shape index (κ2) is 10.9. The van der Waals surface area contributed by atoms with Crippen molar-refractivity contribution in [1.29, 1.82) is 5.26 Å². The van der Waals surface area contributed by atoms with E-state index in [-0.39, 0.29) is 29.5 Å². The molecule has 2 aliphatic rings. The van der Waals surface area contributed by atoms with Crippen molar-refractivity contribution in [3.63, 3.8) is 0 Å². The van der Waals surface area contributed by atoms with Crippen LogP contribution < -0.4 is 19.7 Å². The Labute approximate surface area is 225 Å². The number of nitro groups is 1. The minimum Gasteiger partial charge on any atom is -0.454 e. The summed E-state index contributed by atoms with van der Waals surface area (Å²) in [5.41, 5.74) is 4.18. The van der Waals surface area contributed by atoms with Crippen LogP contribution >= 0.6 is 0 Å². The van der Waals surface area contributed by atoms with Crippen molar-refractivity contribution in [3.05, 3.63) is 80.7 Å². The summed E-state index contributed by atoms with van der Waals surface area (Å²) in [4.78, 5) is 26.3. The fraction of sp³-hybridized carbons (Fsp3) is 0.286. The van der Waals surface area contributed by atoms with E-state index in [1.165, 1.54) is 6.08 Å². The van der Waals surface area contributed by atoms with Crippen LogP contribution in [0, 0.1) is 35.3 Å². The van der Waals surface area contributed by atoms with Crippen LogP contribution in [0.3, 0.4) is 0 Å². The van der Waals surface area contributed by atoms with Gasteiger partial charge in [-0.05, 0) is 61.4 Å². The first kappa shape index (κ1) is 25.8. The molecular formula is C28H27N5O6. The maximum absolute atomic E-state index is 12.8. The molecule has 5 rings (SSSR count). The fourth-order valence-electron chi connectivity index (χ4n) is 4.83. The van der Waals surface area contributed by atoms with Crippen molar-refractivity contribution >= 4 is 23.4 Å². The average molecular weight is 530 g/mol. The number of anilines is 1. The Kier molecular flexibility index (Phi) is 7.21. The molecule has 200 valence electrons. The molecule has 3 heterocycles. The molecule has 1 amide bonds. The summed E-state index contributed by atoms with van der Waals surface area (Å²) in [5.74, 6) is 0.757. The predicted octanol–water partition coefficient (Wildman–Crippen LogP) is 3.79. The van der Waals surface area contributed by atoms with Crippen LogP contribution in [-0.4, -0.2) is 48.5 Å². The van der Waals surface area contributed by atoms with Crippen LogP contribution in [0.4, 0.5) is 11.4 Å². The van der Waals surface area contributed by atoms with E-state index in [9.17, 15) is 20.2 Å². The molecule has 2 aliphatic heterocycles. The molecule has 2 aromatic carbocycles. The number of rotatable bonds is 7. The molecule has 3 aromatic rings. The van der Waals surface area contributed by atoms with Crippen LogP contribution in [0.2, 0.25) is 0 Å². The SMILES string of the molecule is Cc1cc(/C=C(\C#N)C(=O)NCc2ccc3c(c2)OCO3)c(C)n1-c1ccc(N2CCOCC2)c([N+](=O)[O-])c1. The Morgan fingerprint density at radius 1 is 1.13 bits per heavy atom. The van der Waals surface area contributed by atoms with Gasteiger partial charge in [0.1, 0.15) is 17.3 Å². The third-order valence-corrected chi connectivity index (χ3v) is 6.79. The Balaban J connectivity index is 1.38. The number of amides is 1. The fourth-order valence-corrected chi connectivity index (χ4v) is 4.83. The van der Waals surface area contributed by atoms with Crippen molar-refractivity contribution in [3.8, 4) is 23.3 Å². The van der Waals surface area contributed by atoms with Gasteiger partial charge >= 0.3 is 0 Å². The number of nitriles is 1. The van der Waals surface area contributed by atoms with E-state index in [0.29, 0.717) is 54.7 Å². The second-order valence-electron chi connectivity index (χ2n) is 9.23. The van der Waals surface area contributed by atoms with E-state index in [1.54, 1.807) is 24.3 Å². The lowest BCUT2D eigenvalue weighted by molar-refractivity contribution is -0.384. The molecule has 11 heteroatoms. The number of ether oxygens (including phenoxy) is 3. The second-order valence-corrected chi connectivity index (χ2v) is 9.23. The summed E-state index contributed by atoms with van der Waals surface area (Å²) in [5, 5.41) is 24.4. The van der Waals surface area contributed by atoms with Crippen LogP contribution in [0.1, 0.15) is 22.5 Å². The van der Waals surface area contributed by atoms with Crippen molar-refractivity contribution in [2.45, 2.75) is 20.4 Å². The van der Waals surface area contributed by atoms with E-state index in [2.05, 4.69) is 5.32 Å². The molecule has 0 atom stereocenters. The van der Waals surface area contributed by atoms with Gasteiger partial charge in [-0.1, -0.05) is 6.07 Å². The van der Waals surface area contributed by atoms with Crippen molar-refractivity contribution in [2.75, 3.05) is 38.0 Å². The summed E-state index contributed by atoms with van der Waals surface area (Å²) in [6.07, 6.45) is 1.53. The van der Waals surface area contributed by atoms with Gasteiger partial charge in [0.15, 0.2) is 11.5 Å². The maximum atomic E-state index is 12.8. The summed E-state index contributed by atoms with van der Waals surface area (Å²) in [6, 6.07) is 14.4. The third kappa shape index (κ3) is 5.28. The number of aromatic nitrogens is 1. The van der Waals surface area contributed by atoms with Gasteiger partial charge in [0.25, 0.3) is 11.6 Å². The molecule has 0 radical (unpaired) electrons. The van der Waals surface area contributed by atoms with E-state index in [0.717, 1.165) is 17.0 Å². The molecule has 1 saturated heterocycles. The van der Waals surface area contributed by atoms with Gasteiger partial charge in [0, 0.05) is 37.1 Å². The molecule has 0 spiro atoms. The van der Waals surface area contributed by atoms with Crippen molar-refractivity contribution in [2.24, 2.45) is 0 Å². The van der Waals surface area contributed by atoms with Gasteiger partial charge in [0.05, 0.1) is 23.8 Å². The van der Waals surface area contributed by atoms with Crippen LogP contribution in [0.15, 0.2) is 48.0 Å². The highest BCUT2D eigenvalue weighted by molar-refractivity contribution is 6.01. The summed E-state index contributed by atoms with van der Waals surface area (Å²) >= 11 is 0. The maximum Gasteiger partial charge on any atom is 0.294 e. The van der Waals surface area contributed by atoms with Gasteiger partial charge < -0.3 is 29.0 Å². The average Bonchev–Trinajstić information content (AvgIpc) is 3.53. The van der Waals surface area contributed by atoms with Gasteiger partial charge in [0.2, 0.25) is 6.79 Å². The number of nitro benzene ring substituents is 1. The van der Waals surface area contributed by atoms with Gasteiger partial charge in [-0.2, -0.15) is 5.26 Å². The lowest BCUT2D eigenvalue weighted by Crippen LogP contribution is -2.36. The number of nitrogens with zero attached hydrogens (tertiary/aromatic N) is 4. The number of carbonyl (C=O) groups is 1. The predicted molar refractivity (Wildman–Crippen MR) is 143 cm³/mol. The highest BCUT2D eigenvalue weighted by atomic mass is 16.7. The topological polar surface area (TPSA) is 132 Å². The highest BCUT2D eigenvalue weighted by Crippen LogP contribution is 2.34. The molecule has 0 unspecified atom stereocenters. The van der Waals surface area contributed by atoms with Crippen LogP contribution in [-0.2, 0) is 16.1 Å². The highest BCUT2D eigenvalue weighted by Gasteiger charge is 2.23. The Morgan fingerprint density at radius 2 is 1.90 bits per heavy atom. The molecule has 0 saturated carbocycles. The zero-order chi connectivity index (χ0) is 27.5. The Morgan fingerprint density at radius 3 is 2.64 bits per heavy atom. The van der Waals surface area contributed by atoms with Gasteiger partial charge in [-0.15, -0.1) is 0 Å². The van der Waals surface area contributed by atoms with Gasteiger partial charge in [-0.3, -0.25) is 14.9 Å². The van der Waals surface area contributed by atoms with Crippen LogP contribution in [0.25, 0.3) is 11.8 Å². The van der Waals surface area contributed by atoms with Gasteiger partial charge in [-0.25, -0.2) is 0 Å². The number of aryl methyl sites for hydroxylation is 1. The normalized spacial score (nSPS) is 14.7. The quantitative estimate of drug-likeness (QED) is 0.212. The number of nitrogens with one attached hydrogen (secondary N) is 1. The van der Waals surface area contributed by atoms with Crippen molar-refractivity contribution in [1.82, 2.24) is 9.88 Å². The minimum atomic E-state index is -0.509. The van der Waals surface area contributed by atoms with E-state index < -0.39 is 5.91 Å². The first-order chi connectivity index (χ1) is 18.9. The lowest BCUT2D eigenvalue weighted by atomic mass is 10.1. The molecule has 1 N–H and O–H groups in total. The first-order valence-electron chi connectivity index (χ1n) is 12.4. The Bertz CT molecular complexity index is 1510. The molecule has 0 bridgehead atoms. The molecular weight excluding hydrogens is 502 g/mol. The number of morpholine rings is 1. The standard InChI is InChI=1S/C28H27N5O6/c1-18-11-21(13-22(15-29)28(34)30-16-20-3-6-26-27(12-20)39-17-38-26)19(2)32(18)23-4-5-24(25(14-23)33(35)36)31-7-9-37-10-8-31/h3-6,11-14H,7-10,16-17H2,1-2H3,(H,30,34)/b22-13+. The Hall–Kier alpha value is -4.82. The summed E-state index contributed by atoms with van der Waals surface area (Å²) in [6.45, 7) is 6.32. The number of fused-ring (bicyclic) bond motifs is 1. The smallest absolute Gasteiger partial charge is 0.294 e. The molecule has 1 aromatic heterocycles. The molecule has 1 fully saturated rings. The summed E-state index contributed by atoms with van der Waals surface area (Å²) in [7, 11) is 0. The number of benzene rings is 2. The van der Waals surface area contributed by atoms with E-state index in [4.69, 9.17) is 14.2 Å². The van der Waals surface area contributed by atoms with E-state index >= 15 is 0 Å². The number of carbonyl (C=O) groups excluding carboxylic acids is 1. The molecule has 0 aliphatic carbocycles. The number of hydrogen-bond acceptors (Lipinski definition) is 8. The lowest BCUT2D eigenvalue weighted by Gasteiger charge is -2.28. The monoisotopic (exact) mass is 529 g/mol. The van der Waals surface area contributed by atoms with Crippen molar-refractivity contribution < 1.29 is 23.9 Å². The first-order valence-corrected chi connectivity index (χ1v) is 12.4. The largest absolute Gasteiger partial charge is 0.454 e. The zero-order valence-electron chi connectivity index (χ0n) is 21.6. The van der Waals surface area contributed by atoms with E-state index in [1.807, 2.05) is 47.6 Å². The zero-order valence-corrected chi connectivity index (χ0v) is 21.6. The summed E-state index contributed by atoms with van der Waals surface area (Å²) < 4.78 is 17.9. The molecule has 39 heavy (non-hydrogen) atoms.